The third-order valence-electron chi connectivity index (χ3n) is 6.40. The summed E-state index contributed by atoms with van der Waals surface area (Å²) in [5, 5.41) is 11.4. The molecule has 0 radical (unpaired) electrons. The number of benzene rings is 3. The number of carbonyl (C=O) groups is 2. The number of anilines is 1. The fourth-order valence-electron chi connectivity index (χ4n) is 4.44. The van der Waals surface area contributed by atoms with Gasteiger partial charge in [0.1, 0.15) is 5.76 Å². The smallest absolute Gasteiger partial charge is 0.295 e. The Hall–Kier alpha value is -3.86. The van der Waals surface area contributed by atoms with Crippen LogP contribution >= 0.6 is 0 Å². The third kappa shape index (κ3) is 4.46. The molecule has 0 spiro atoms. The van der Waals surface area contributed by atoms with Crippen molar-refractivity contribution in [2.45, 2.75) is 26.3 Å². The normalized spacial score (nSPS) is 17.3. The number of aryl methyl sites for hydroxylation is 2. The fourth-order valence-corrected chi connectivity index (χ4v) is 4.44. The van der Waals surface area contributed by atoms with Crippen LogP contribution < -0.4 is 4.90 Å². The van der Waals surface area contributed by atoms with Crippen molar-refractivity contribution in [2.75, 3.05) is 25.5 Å². The van der Waals surface area contributed by atoms with Gasteiger partial charge in [-0.3, -0.25) is 9.59 Å². The zero-order valence-electron chi connectivity index (χ0n) is 20.1. The van der Waals surface area contributed by atoms with Crippen molar-refractivity contribution in [1.29, 1.82) is 0 Å². The van der Waals surface area contributed by atoms with Gasteiger partial charge in [-0.25, -0.2) is 0 Å². The molecule has 1 N–H and O–H groups in total. The molecule has 1 amide bonds. The molecule has 34 heavy (non-hydrogen) atoms. The highest BCUT2D eigenvalue weighted by Crippen LogP contribution is 2.40. The van der Waals surface area contributed by atoms with Crippen molar-refractivity contribution in [3.63, 3.8) is 0 Å². The van der Waals surface area contributed by atoms with Gasteiger partial charge in [0.25, 0.3) is 11.7 Å². The number of aliphatic hydroxyl groups excluding tert-OH is 1. The number of Topliss-reactive ketones (excluding diaryl/α,β-unsaturated/α-hetero) is 1. The van der Waals surface area contributed by atoms with Gasteiger partial charge >= 0.3 is 0 Å². The molecule has 1 heterocycles. The zero-order chi connectivity index (χ0) is 24.4. The van der Waals surface area contributed by atoms with Crippen LogP contribution in [-0.4, -0.2) is 42.3 Å². The summed E-state index contributed by atoms with van der Waals surface area (Å²) in [4.78, 5) is 30.1. The van der Waals surface area contributed by atoms with E-state index in [0.29, 0.717) is 18.5 Å². The molecule has 0 aromatic heterocycles. The largest absolute Gasteiger partial charge is 0.507 e. The highest BCUT2D eigenvalue weighted by atomic mass is 16.3. The van der Waals surface area contributed by atoms with Crippen molar-refractivity contribution in [3.8, 4) is 0 Å². The Bertz CT molecular complexity index is 1240. The first-order valence-corrected chi connectivity index (χ1v) is 11.4. The van der Waals surface area contributed by atoms with E-state index in [1.54, 1.807) is 4.90 Å². The van der Waals surface area contributed by atoms with Crippen LogP contribution in [0.25, 0.3) is 5.76 Å². The SMILES string of the molecule is Cc1ccc(C)c(C(O)=C2C(=O)C(=O)N(CCc3ccccc3)C2c2ccc(N(C)C)cc2)c1. The van der Waals surface area contributed by atoms with E-state index in [1.807, 2.05) is 106 Å². The number of carbonyl (C=O) groups excluding carboxylic acids is 2. The van der Waals surface area contributed by atoms with E-state index in [9.17, 15) is 14.7 Å². The van der Waals surface area contributed by atoms with Gasteiger partial charge in [-0.2, -0.15) is 0 Å². The molecule has 1 atom stereocenters. The van der Waals surface area contributed by atoms with Crippen molar-refractivity contribution in [3.05, 3.63) is 106 Å². The summed E-state index contributed by atoms with van der Waals surface area (Å²) in [5.41, 5.74) is 5.43. The Kier molecular flexibility index (Phi) is 6.55. The van der Waals surface area contributed by atoms with Gasteiger partial charge in [0.15, 0.2) is 0 Å². The first-order chi connectivity index (χ1) is 16.3. The van der Waals surface area contributed by atoms with Gasteiger partial charge < -0.3 is 14.9 Å². The molecule has 174 valence electrons. The lowest BCUT2D eigenvalue weighted by Gasteiger charge is -2.26. The molecule has 3 aromatic rings. The second-order valence-corrected chi connectivity index (χ2v) is 9.03. The van der Waals surface area contributed by atoms with Gasteiger partial charge in [0, 0.05) is 31.9 Å². The van der Waals surface area contributed by atoms with Gasteiger partial charge in [0.05, 0.1) is 11.6 Å². The summed E-state index contributed by atoms with van der Waals surface area (Å²) in [5.74, 6) is -1.35. The second kappa shape index (κ2) is 9.56. The molecule has 0 saturated carbocycles. The molecule has 1 saturated heterocycles. The average Bonchev–Trinajstić information content (AvgIpc) is 3.09. The van der Waals surface area contributed by atoms with Crippen LogP contribution in [0.1, 0.15) is 33.9 Å². The molecule has 0 bridgehead atoms. The first-order valence-electron chi connectivity index (χ1n) is 11.4. The van der Waals surface area contributed by atoms with Crippen LogP contribution in [0.5, 0.6) is 0 Å². The Balaban J connectivity index is 1.82. The molecule has 3 aromatic carbocycles. The zero-order valence-corrected chi connectivity index (χ0v) is 20.1. The van der Waals surface area contributed by atoms with Gasteiger partial charge in [0.2, 0.25) is 0 Å². The number of rotatable bonds is 6. The average molecular weight is 455 g/mol. The molecular weight excluding hydrogens is 424 g/mol. The van der Waals surface area contributed by atoms with Crippen LogP contribution in [0.2, 0.25) is 0 Å². The van der Waals surface area contributed by atoms with Crippen molar-refractivity contribution >= 4 is 23.1 Å². The monoisotopic (exact) mass is 454 g/mol. The van der Waals surface area contributed by atoms with Crippen LogP contribution in [0.4, 0.5) is 5.69 Å². The fraction of sp³-hybridized carbons (Fsp3) is 0.241. The quantitative estimate of drug-likeness (QED) is 0.322. The number of ketones is 1. The third-order valence-corrected chi connectivity index (χ3v) is 6.40. The first kappa shape index (κ1) is 23.3. The highest BCUT2D eigenvalue weighted by Gasteiger charge is 2.46. The molecule has 1 unspecified atom stereocenters. The van der Waals surface area contributed by atoms with Gasteiger partial charge in [-0.15, -0.1) is 0 Å². The number of amides is 1. The van der Waals surface area contributed by atoms with Crippen LogP contribution in [0.3, 0.4) is 0 Å². The van der Waals surface area contributed by atoms with E-state index in [1.165, 1.54) is 0 Å². The van der Waals surface area contributed by atoms with E-state index in [2.05, 4.69) is 0 Å². The summed E-state index contributed by atoms with van der Waals surface area (Å²) in [6.45, 7) is 4.20. The minimum absolute atomic E-state index is 0.122. The maximum absolute atomic E-state index is 13.3. The Labute approximate surface area is 201 Å². The topological polar surface area (TPSA) is 60.9 Å². The van der Waals surface area contributed by atoms with E-state index >= 15 is 0 Å². The molecular formula is C29H30N2O3. The molecule has 5 heteroatoms. The lowest BCUT2D eigenvalue weighted by molar-refractivity contribution is -0.139. The number of aliphatic hydroxyl groups is 1. The molecule has 1 fully saturated rings. The van der Waals surface area contributed by atoms with Crippen molar-refractivity contribution in [2.24, 2.45) is 0 Å². The van der Waals surface area contributed by atoms with Crippen LogP contribution in [0.15, 0.2) is 78.4 Å². The molecule has 1 aliphatic rings. The van der Waals surface area contributed by atoms with E-state index in [0.717, 1.165) is 27.9 Å². The lowest BCUT2D eigenvalue weighted by atomic mass is 9.93. The minimum Gasteiger partial charge on any atom is -0.507 e. The predicted octanol–water partition coefficient (Wildman–Crippen LogP) is 5.03. The van der Waals surface area contributed by atoms with E-state index in [-0.39, 0.29) is 11.3 Å². The Morgan fingerprint density at radius 2 is 1.62 bits per heavy atom. The molecule has 4 rings (SSSR count). The highest BCUT2D eigenvalue weighted by molar-refractivity contribution is 6.46. The van der Waals surface area contributed by atoms with Crippen molar-refractivity contribution < 1.29 is 14.7 Å². The summed E-state index contributed by atoms with van der Waals surface area (Å²) < 4.78 is 0. The van der Waals surface area contributed by atoms with Crippen LogP contribution in [0, 0.1) is 13.8 Å². The summed E-state index contributed by atoms with van der Waals surface area (Å²) >= 11 is 0. The summed E-state index contributed by atoms with van der Waals surface area (Å²) in [7, 11) is 3.92. The maximum Gasteiger partial charge on any atom is 0.295 e. The Morgan fingerprint density at radius 1 is 0.941 bits per heavy atom. The summed E-state index contributed by atoms with van der Waals surface area (Å²) in [6.07, 6.45) is 0.615. The van der Waals surface area contributed by atoms with E-state index in [4.69, 9.17) is 0 Å². The maximum atomic E-state index is 13.3. The minimum atomic E-state index is -0.653. The molecule has 5 nitrogen and oxygen atoms in total. The number of hydrogen-bond acceptors (Lipinski definition) is 4. The van der Waals surface area contributed by atoms with Crippen molar-refractivity contribution in [1.82, 2.24) is 4.90 Å². The molecule has 0 aliphatic carbocycles. The standard InChI is InChI=1S/C29H30N2O3/c1-19-10-11-20(2)24(18-19)27(32)25-26(22-12-14-23(15-13-22)30(3)4)31(29(34)28(25)33)17-16-21-8-6-5-7-9-21/h5-15,18,26,32H,16-17H2,1-4H3. The van der Waals surface area contributed by atoms with Gasteiger partial charge in [-0.1, -0.05) is 60.2 Å². The predicted molar refractivity (Wildman–Crippen MR) is 136 cm³/mol. The summed E-state index contributed by atoms with van der Waals surface area (Å²) in [6, 6.07) is 22.7. The Morgan fingerprint density at radius 3 is 2.26 bits per heavy atom. The molecule has 1 aliphatic heterocycles. The second-order valence-electron chi connectivity index (χ2n) is 9.03. The number of likely N-dealkylation sites (tertiary alicyclic amines) is 1. The number of hydrogen-bond donors (Lipinski definition) is 1. The van der Waals surface area contributed by atoms with Crippen LogP contribution in [-0.2, 0) is 16.0 Å². The number of nitrogens with zero attached hydrogens (tertiary/aromatic N) is 2. The lowest BCUT2D eigenvalue weighted by Crippen LogP contribution is -2.31. The van der Waals surface area contributed by atoms with Gasteiger partial charge in [-0.05, 0) is 55.2 Å². The van der Waals surface area contributed by atoms with E-state index < -0.39 is 17.7 Å².